The van der Waals surface area contributed by atoms with Gasteiger partial charge in [-0.2, -0.15) is 0 Å². The van der Waals surface area contributed by atoms with Crippen molar-refractivity contribution in [3.8, 4) is 11.5 Å². The molecule has 0 fully saturated rings. The molecule has 0 radical (unpaired) electrons. The van der Waals surface area contributed by atoms with Crippen molar-refractivity contribution >= 4 is 56.4 Å². The average molecular weight is 524 g/mol. The Morgan fingerprint density at radius 3 is 2.29 bits per heavy atom. The van der Waals surface area contributed by atoms with Crippen LogP contribution in [0.15, 0.2) is 59.1 Å². The highest BCUT2D eigenvalue weighted by atomic mass is 79.9. The number of amides is 1. The van der Waals surface area contributed by atoms with E-state index in [1.54, 1.807) is 31.4 Å². The summed E-state index contributed by atoms with van der Waals surface area (Å²) in [5.41, 5.74) is 3.58. The third-order valence-corrected chi connectivity index (χ3v) is 5.55. The van der Waals surface area contributed by atoms with Crippen LogP contribution in [0.4, 0.5) is 11.4 Å². The standard InChI is InChI=1S/C23H21BrCl2N2O3/c1-14-3-5-18(6-4-14)28-23(29)13-31-22-11-20(24)15(7-21(22)30-2)12-27-19-9-16(25)8-17(26)10-19/h3-11,27H,12-13H2,1-2H3,(H,28,29). The summed E-state index contributed by atoms with van der Waals surface area (Å²) in [5.74, 6) is 0.723. The van der Waals surface area contributed by atoms with Crippen molar-refractivity contribution in [3.63, 3.8) is 0 Å². The summed E-state index contributed by atoms with van der Waals surface area (Å²) < 4.78 is 11.9. The molecule has 3 rings (SSSR count). The maximum atomic E-state index is 12.2. The van der Waals surface area contributed by atoms with Gasteiger partial charge in [0.25, 0.3) is 5.91 Å². The van der Waals surface area contributed by atoms with Gasteiger partial charge in [-0.1, -0.05) is 56.8 Å². The fraction of sp³-hybridized carbons (Fsp3) is 0.174. The molecule has 8 heteroatoms. The SMILES string of the molecule is COc1cc(CNc2cc(Cl)cc(Cl)c2)c(Br)cc1OCC(=O)Nc1ccc(C)cc1. The number of hydrogen-bond donors (Lipinski definition) is 2. The number of methoxy groups -OCH3 is 1. The van der Waals surface area contributed by atoms with Crippen LogP contribution in [0.2, 0.25) is 10.0 Å². The van der Waals surface area contributed by atoms with E-state index < -0.39 is 0 Å². The van der Waals surface area contributed by atoms with Crippen LogP contribution in [-0.4, -0.2) is 19.6 Å². The number of ether oxygens (including phenoxy) is 2. The molecule has 0 aliphatic rings. The summed E-state index contributed by atoms with van der Waals surface area (Å²) in [6, 6.07) is 16.4. The second-order valence-electron chi connectivity index (χ2n) is 6.81. The van der Waals surface area contributed by atoms with Gasteiger partial charge in [-0.15, -0.1) is 0 Å². The monoisotopic (exact) mass is 522 g/mol. The van der Waals surface area contributed by atoms with E-state index >= 15 is 0 Å². The number of benzene rings is 3. The molecular formula is C23H21BrCl2N2O3. The minimum absolute atomic E-state index is 0.144. The number of hydrogen-bond acceptors (Lipinski definition) is 4. The molecule has 0 spiro atoms. The lowest BCUT2D eigenvalue weighted by atomic mass is 10.2. The third-order valence-electron chi connectivity index (χ3n) is 4.37. The summed E-state index contributed by atoms with van der Waals surface area (Å²) in [5, 5.41) is 7.19. The maximum absolute atomic E-state index is 12.2. The lowest BCUT2D eigenvalue weighted by Crippen LogP contribution is -2.20. The number of carbonyl (C=O) groups is 1. The second-order valence-corrected chi connectivity index (χ2v) is 8.54. The first kappa shape index (κ1) is 23.3. The Kier molecular flexibility index (Phi) is 8.07. The second kappa shape index (κ2) is 10.8. The molecule has 0 aromatic heterocycles. The van der Waals surface area contributed by atoms with Gasteiger partial charge >= 0.3 is 0 Å². The van der Waals surface area contributed by atoms with E-state index in [2.05, 4.69) is 26.6 Å². The van der Waals surface area contributed by atoms with Crippen molar-refractivity contribution in [2.24, 2.45) is 0 Å². The molecule has 0 saturated carbocycles. The smallest absolute Gasteiger partial charge is 0.262 e. The van der Waals surface area contributed by atoms with Crippen molar-refractivity contribution in [1.82, 2.24) is 0 Å². The van der Waals surface area contributed by atoms with Crippen molar-refractivity contribution in [2.45, 2.75) is 13.5 Å². The lowest BCUT2D eigenvalue weighted by molar-refractivity contribution is -0.118. The van der Waals surface area contributed by atoms with Crippen LogP contribution in [0.1, 0.15) is 11.1 Å². The Morgan fingerprint density at radius 1 is 0.968 bits per heavy atom. The average Bonchev–Trinajstić information content (AvgIpc) is 2.72. The van der Waals surface area contributed by atoms with Crippen LogP contribution in [0.3, 0.4) is 0 Å². The molecule has 0 bridgehead atoms. The van der Waals surface area contributed by atoms with Crippen molar-refractivity contribution < 1.29 is 14.3 Å². The van der Waals surface area contributed by atoms with Crippen LogP contribution in [-0.2, 0) is 11.3 Å². The minimum Gasteiger partial charge on any atom is -0.493 e. The predicted molar refractivity (Wildman–Crippen MR) is 130 cm³/mol. The fourth-order valence-electron chi connectivity index (χ4n) is 2.82. The number of halogens is 3. The van der Waals surface area contributed by atoms with Gasteiger partial charge in [-0.25, -0.2) is 0 Å². The van der Waals surface area contributed by atoms with Crippen LogP contribution in [0, 0.1) is 6.92 Å². The first-order chi connectivity index (χ1) is 14.8. The molecular weight excluding hydrogens is 503 g/mol. The van der Waals surface area contributed by atoms with Crippen molar-refractivity contribution in [3.05, 3.63) is 80.2 Å². The summed E-state index contributed by atoms with van der Waals surface area (Å²) >= 11 is 15.6. The van der Waals surface area contributed by atoms with Crippen LogP contribution < -0.4 is 20.1 Å². The van der Waals surface area contributed by atoms with E-state index in [1.165, 1.54) is 0 Å². The van der Waals surface area contributed by atoms with Crippen molar-refractivity contribution in [1.29, 1.82) is 0 Å². The lowest BCUT2D eigenvalue weighted by Gasteiger charge is -2.15. The Hall–Kier alpha value is -2.41. The quantitative estimate of drug-likeness (QED) is 0.344. The van der Waals surface area contributed by atoms with E-state index in [0.29, 0.717) is 28.1 Å². The molecule has 3 aromatic carbocycles. The summed E-state index contributed by atoms with van der Waals surface area (Å²) in [6.07, 6.45) is 0. The molecule has 0 aliphatic carbocycles. The number of rotatable bonds is 8. The van der Waals surface area contributed by atoms with E-state index in [0.717, 1.165) is 27.0 Å². The van der Waals surface area contributed by atoms with Crippen LogP contribution in [0.25, 0.3) is 0 Å². The molecule has 2 N–H and O–H groups in total. The van der Waals surface area contributed by atoms with Gasteiger partial charge in [0.2, 0.25) is 0 Å². The third kappa shape index (κ3) is 6.79. The van der Waals surface area contributed by atoms with E-state index in [4.69, 9.17) is 32.7 Å². The Morgan fingerprint density at radius 2 is 1.65 bits per heavy atom. The number of carbonyl (C=O) groups excluding carboxylic acids is 1. The molecule has 3 aromatic rings. The summed E-state index contributed by atoms with van der Waals surface area (Å²) in [6.45, 7) is 2.35. The molecule has 5 nitrogen and oxygen atoms in total. The van der Waals surface area contributed by atoms with Crippen LogP contribution in [0.5, 0.6) is 11.5 Å². The normalized spacial score (nSPS) is 10.5. The van der Waals surface area contributed by atoms with Gasteiger partial charge in [0.15, 0.2) is 18.1 Å². The highest BCUT2D eigenvalue weighted by Crippen LogP contribution is 2.34. The van der Waals surface area contributed by atoms with Crippen molar-refractivity contribution in [2.75, 3.05) is 24.4 Å². The van der Waals surface area contributed by atoms with E-state index in [-0.39, 0.29) is 12.5 Å². The number of nitrogens with one attached hydrogen (secondary N) is 2. The Balaban J connectivity index is 1.64. The zero-order chi connectivity index (χ0) is 22.4. The Labute approximate surface area is 199 Å². The van der Waals surface area contributed by atoms with E-state index in [9.17, 15) is 4.79 Å². The topological polar surface area (TPSA) is 59.6 Å². The molecule has 162 valence electrons. The van der Waals surface area contributed by atoms with Gasteiger partial charge < -0.3 is 20.1 Å². The first-order valence-electron chi connectivity index (χ1n) is 9.40. The molecule has 0 saturated heterocycles. The molecule has 1 amide bonds. The largest absolute Gasteiger partial charge is 0.493 e. The van der Waals surface area contributed by atoms with Crippen LogP contribution >= 0.6 is 39.1 Å². The number of anilines is 2. The zero-order valence-corrected chi connectivity index (χ0v) is 20.1. The van der Waals surface area contributed by atoms with Gasteiger partial charge in [0, 0.05) is 32.4 Å². The first-order valence-corrected chi connectivity index (χ1v) is 10.9. The van der Waals surface area contributed by atoms with E-state index in [1.807, 2.05) is 37.3 Å². The molecule has 0 aliphatic heterocycles. The molecule has 0 unspecified atom stereocenters. The van der Waals surface area contributed by atoms with Gasteiger partial charge in [0.1, 0.15) is 0 Å². The number of aryl methyl sites for hydroxylation is 1. The van der Waals surface area contributed by atoms with Gasteiger partial charge in [0.05, 0.1) is 7.11 Å². The molecule has 0 heterocycles. The minimum atomic E-state index is -0.259. The highest BCUT2D eigenvalue weighted by molar-refractivity contribution is 9.10. The maximum Gasteiger partial charge on any atom is 0.262 e. The summed E-state index contributed by atoms with van der Waals surface area (Å²) in [4.78, 5) is 12.2. The molecule has 0 atom stereocenters. The zero-order valence-electron chi connectivity index (χ0n) is 17.0. The molecule has 31 heavy (non-hydrogen) atoms. The Bertz CT molecular complexity index is 1050. The highest BCUT2D eigenvalue weighted by Gasteiger charge is 2.13. The predicted octanol–water partition coefficient (Wildman–Crippen LogP) is 6.70. The van der Waals surface area contributed by atoms with Gasteiger partial charge in [-0.05, 0) is 55.0 Å². The van der Waals surface area contributed by atoms with Gasteiger partial charge in [-0.3, -0.25) is 4.79 Å². The summed E-state index contributed by atoms with van der Waals surface area (Å²) in [7, 11) is 1.55. The fourth-order valence-corrected chi connectivity index (χ4v) is 3.80.